The fourth-order valence-corrected chi connectivity index (χ4v) is 4.08. The van der Waals surface area contributed by atoms with E-state index in [1.54, 1.807) is 0 Å². The maximum Gasteiger partial charge on any atom is 0.673 e. The topological polar surface area (TPSA) is 0 Å². The van der Waals surface area contributed by atoms with Crippen molar-refractivity contribution in [1.82, 2.24) is 0 Å². The second-order valence-electron chi connectivity index (χ2n) is 4.65. The minimum Gasteiger partial charge on any atom is -0.418 e. The lowest BCUT2D eigenvalue weighted by Crippen LogP contribution is -2.08. The summed E-state index contributed by atoms with van der Waals surface area (Å²) in [7, 11) is -5.80. The standard InChI is InChI=1S/C17H19S.BF4/c1-2-3-10-15-18(16-11-6-4-7-12-16)17-13-8-5-9-14-17;2-1(3,4)5/h2,4-9,11-14H,1,3,10,15H2;/q+1;-1. The van der Waals surface area contributed by atoms with Crippen LogP contribution in [-0.2, 0) is 10.9 Å². The summed E-state index contributed by atoms with van der Waals surface area (Å²) in [6.45, 7) is 3.81. The molecule has 2 aromatic rings. The van der Waals surface area contributed by atoms with Crippen LogP contribution in [0.1, 0.15) is 12.8 Å². The van der Waals surface area contributed by atoms with Crippen molar-refractivity contribution >= 4 is 18.1 Å². The van der Waals surface area contributed by atoms with Crippen molar-refractivity contribution in [2.75, 3.05) is 5.75 Å². The van der Waals surface area contributed by atoms with Crippen LogP contribution in [0.4, 0.5) is 17.3 Å². The number of benzene rings is 2. The highest BCUT2D eigenvalue weighted by molar-refractivity contribution is 7.97. The molecule has 0 radical (unpaired) electrons. The van der Waals surface area contributed by atoms with Gasteiger partial charge in [0.05, 0.1) is 10.9 Å². The minimum atomic E-state index is -6.00. The molecule has 0 amide bonds. The van der Waals surface area contributed by atoms with Crippen LogP contribution in [0.15, 0.2) is 83.1 Å². The van der Waals surface area contributed by atoms with E-state index in [9.17, 15) is 17.3 Å². The molecule has 23 heavy (non-hydrogen) atoms. The molecular weight excluding hydrogens is 323 g/mol. The first-order chi connectivity index (χ1) is 10.9. The van der Waals surface area contributed by atoms with Gasteiger partial charge in [0.25, 0.3) is 0 Å². The molecule has 0 bridgehead atoms. The Morgan fingerprint density at radius 2 is 1.22 bits per heavy atom. The molecule has 0 aromatic heterocycles. The molecule has 2 aromatic carbocycles. The number of hydrogen-bond acceptors (Lipinski definition) is 0. The first-order valence-corrected chi connectivity index (χ1v) is 8.60. The third-order valence-corrected chi connectivity index (χ3v) is 5.19. The van der Waals surface area contributed by atoms with E-state index in [-0.39, 0.29) is 10.9 Å². The van der Waals surface area contributed by atoms with Gasteiger partial charge in [-0.05, 0) is 37.1 Å². The zero-order valence-electron chi connectivity index (χ0n) is 12.7. The predicted octanol–water partition coefficient (Wildman–Crippen LogP) is 5.99. The average molecular weight is 342 g/mol. The number of halogens is 4. The van der Waals surface area contributed by atoms with Crippen LogP contribution < -0.4 is 0 Å². The molecule has 0 aliphatic rings. The lowest BCUT2D eigenvalue weighted by molar-refractivity contribution is 0.368. The maximum absolute atomic E-state index is 9.75. The summed E-state index contributed by atoms with van der Waals surface area (Å²) in [5.41, 5.74) is 0. The number of unbranched alkanes of at least 4 members (excludes halogenated alkanes) is 1. The quantitative estimate of drug-likeness (QED) is 0.199. The lowest BCUT2D eigenvalue weighted by atomic mass is 10.3. The van der Waals surface area contributed by atoms with Gasteiger partial charge in [-0.2, -0.15) is 0 Å². The molecule has 0 nitrogen and oxygen atoms in total. The molecule has 0 fully saturated rings. The number of allylic oxidation sites excluding steroid dienone is 1. The summed E-state index contributed by atoms with van der Waals surface area (Å²) < 4.78 is 39.0. The summed E-state index contributed by atoms with van der Waals surface area (Å²) in [6, 6.07) is 21.6. The molecule has 0 N–H and O–H groups in total. The van der Waals surface area contributed by atoms with E-state index in [4.69, 9.17) is 0 Å². The van der Waals surface area contributed by atoms with Crippen molar-refractivity contribution in [1.29, 1.82) is 0 Å². The Labute approximate surface area is 137 Å². The molecule has 0 aliphatic carbocycles. The highest BCUT2D eigenvalue weighted by Crippen LogP contribution is 2.24. The predicted molar refractivity (Wildman–Crippen MR) is 91.3 cm³/mol. The lowest BCUT2D eigenvalue weighted by Gasteiger charge is -2.07. The average Bonchev–Trinajstić information content (AvgIpc) is 2.52. The van der Waals surface area contributed by atoms with Gasteiger partial charge in [0, 0.05) is 0 Å². The Bertz CT molecular complexity index is 512. The molecule has 0 saturated heterocycles. The summed E-state index contributed by atoms with van der Waals surface area (Å²) in [4.78, 5) is 2.88. The van der Waals surface area contributed by atoms with Gasteiger partial charge in [0.1, 0.15) is 5.75 Å². The van der Waals surface area contributed by atoms with E-state index >= 15 is 0 Å². The molecule has 0 saturated carbocycles. The van der Waals surface area contributed by atoms with E-state index in [1.807, 2.05) is 6.08 Å². The van der Waals surface area contributed by atoms with Gasteiger partial charge in [-0.1, -0.05) is 42.5 Å². The van der Waals surface area contributed by atoms with Crippen LogP contribution in [0.2, 0.25) is 0 Å². The van der Waals surface area contributed by atoms with Crippen molar-refractivity contribution in [3.05, 3.63) is 73.3 Å². The molecule has 0 spiro atoms. The molecular formula is C17H19BF4S. The Morgan fingerprint density at radius 3 is 1.57 bits per heavy atom. The summed E-state index contributed by atoms with van der Waals surface area (Å²) in [5, 5.41) is 0. The largest absolute Gasteiger partial charge is 0.673 e. The molecule has 6 heteroatoms. The smallest absolute Gasteiger partial charge is 0.418 e. The fourth-order valence-electron chi connectivity index (χ4n) is 1.91. The SMILES string of the molecule is C=CCCC[S+](c1ccccc1)c1ccccc1.F[B-](F)(F)F. The minimum absolute atomic E-state index is 0.199. The molecule has 0 atom stereocenters. The highest BCUT2D eigenvalue weighted by atomic mass is 32.2. The van der Waals surface area contributed by atoms with Crippen LogP contribution in [0.5, 0.6) is 0 Å². The summed E-state index contributed by atoms with van der Waals surface area (Å²) in [5.74, 6) is 1.21. The van der Waals surface area contributed by atoms with Crippen molar-refractivity contribution in [3.63, 3.8) is 0 Å². The van der Waals surface area contributed by atoms with Crippen molar-refractivity contribution in [2.45, 2.75) is 22.6 Å². The van der Waals surface area contributed by atoms with E-state index in [0.717, 1.165) is 6.42 Å². The molecule has 0 unspecified atom stereocenters. The number of hydrogen-bond donors (Lipinski definition) is 0. The zero-order chi connectivity index (χ0) is 17.1. The zero-order valence-corrected chi connectivity index (χ0v) is 13.5. The van der Waals surface area contributed by atoms with E-state index in [0.29, 0.717) is 0 Å². The second-order valence-corrected chi connectivity index (χ2v) is 6.78. The van der Waals surface area contributed by atoms with Crippen LogP contribution in [-0.4, -0.2) is 13.0 Å². The summed E-state index contributed by atoms with van der Waals surface area (Å²) >= 11 is 0. The molecule has 0 aliphatic heterocycles. The van der Waals surface area contributed by atoms with Crippen LogP contribution in [0, 0.1) is 0 Å². The van der Waals surface area contributed by atoms with Gasteiger partial charge in [0.15, 0.2) is 9.79 Å². The van der Waals surface area contributed by atoms with Gasteiger partial charge in [-0.15, -0.1) is 6.58 Å². The van der Waals surface area contributed by atoms with Gasteiger partial charge in [-0.3, -0.25) is 0 Å². The highest BCUT2D eigenvalue weighted by Gasteiger charge is 2.23. The van der Waals surface area contributed by atoms with Gasteiger partial charge in [0.2, 0.25) is 0 Å². The van der Waals surface area contributed by atoms with Gasteiger partial charge >= 0.3 is 7.25 Å². The first kappa shape index (κ1) is 19.4. The Balaban J connectivity index is 0.000000463. The Kier molecular flexibility index (Phi) is 8.55. The third kappa shape index (κ3) is 9.13. The molecule has 124 valence electrons. The summed E-state index contributed by atoms with van der Waals surface area (Å²) in [6.07, 6.45) is 4.32. The molecule has 2 rings (SSSR count). The number of rotatable bonds is 6. The van der Waals surface area contributed by atoms with E-state index < -0.39 is 7.25 Å². The van der Waals surface area contributed by atoms with Crippen molar-refractivity contribution in [2.24, 2.45) is 0 Å². The Hall–Kier alpha value is -1.69. The van der Waals surface area contributed by atoms with Crippen LogP contribution in [0.3, 0.4) is 0 Å². The first-order valence-electron chi connectivity index (χ1n) is 7.21. The van der Waals surface area contributed by atoms with E-state index in [2.05, 4.69) is 67.2 Å². The fraction of sp³-hybridized carbons (Fsp3) is 0.176. The van der Waals surface area contributed by atoms with Gasteiger partial charge < -0.3 is 17.3 Å². The van der Waals surface area contributed by atoms with Gasteiger partial charge in [-0.25, -0.2) is 0 Å². The van der Waals surface area contributed by atoms with Crippen molar-refractivity contribution < 1.29 is 17.3 Å². The van der Waals surface area contributed by atoms with Crippen LogP contribution in [0.25, 0.3) is 0 Å². The van der Waals surface area contributed by atoms with E-state index in [1.165, 1.54) is 22.0 Å². The van der Waals surface area contributed by atoms with Crippen molar-refractivity contribution in [3.8, 4) is 0 Å². The normalized spacial score (nSPS) is 10.8. The monoisotopic (exact) mass is 342 g/mol. The second kappa shape index (κ2) is 10.2. The Morgan fingerprint density at radius 1 is 0.826 bits per heavy atom. The molecule has 0 heterocycles. The third-order valence-electron chi connectivity index (χ3n) is 2.81. The van der Waals surface area contributed by atoms with Crippen LogP contribution >= 0.6 is 0 Å². The maximum atomic E-state index is 9.75.